The highest BCUT2D eigenvalue weighted by Crippen LogP contribution is 2.23. The molecule has 1 aromatic carbocycles. The van der Waals surface area contributed by atoms with Gasteiger partial charge in [-0.25, -0.2) is 8.42 Å². The minimum Gasteiger partial charge on any atom is -0.330 e. The molecule has 0 amide bonds. The summed E-state index contributed by atoms with van der Waals surface area (Å²) in [4.78, 5) is 0. The molecule has 0 spiro atoms. The molecule has 0 unspecified atom stereocenters. The quantitative estimate of drug-likeness (QED) is 0.792. The first-order valence-corrected chi connectivity index (χ1v) is 7.50. The molecule has 0 heterocycles. The highest BCUT2D eigenvalue weighted by molar-refractivity contribution is 7.92. The number of unbranched alkanes of at least 4 members (excludes halogenated alkanes) is 1. The van der Waals surface area contributed by atoms with E-state index in [1.165, 1.54) is 18.2 Å². The first-order chi connectivity index (χ1) is 7.93. The first-order valence-electron chi connectivity index (χ1n) is 5.09. The molecule has 3 N–H and O–H groups in total. The van der Waals surface area contributed by atoms with Crippen molar-refractivity contribution in [2.75, 3.05) is 17.0 Å². The standard InChI is InChI=1S/C10H14Cl2N2O2S/c11-8-5-9(12)7-10(6-8)14-17(15,16)4-2-1-3-13/h5-7,14H,1-4,13H2. The van der Waals surface area contributed by atoms with E-state index < -0.39 is 10.0 Å². The normalized spacial score (nSPS) is 11.5. The van der Waals surface area contributed by atoms with Crippen molar-refractivity contribution in [2.45, 2.75) is 12.8 Å². The second-order valence-corrected chi connectivity index (χ2v) is 6.29. The highest BCUT2D eigenvalue weighted by atomic mass is 35.5. The average Bonchev–Trinajstić information content (AvgIpc) is 2.14. The smallest absolute Gasteiger partial charge is 0.232 e. The van der Waals surface area contributed by atoms with Crippen molar-refractivity contribution in [2.24, 2.45) is 5.73 Å². The van der Waals surface area contributed by atoms with Crippen molar-refractivity contribution in [1.29, 1.82) is 0 Å². The molecule has 0 aliphatic heterocycles. The van der Waals surface area contributed by atoms with Gasteiger partial charge < -0.3 is 5.73 Å². The van der Waals surface area contributed by atoms with Gasteiger partial charge >= 0.3 is 0 Å². The fraction of sp³-hybridized carbons (Fsp3) is 0.400. The summed E-state index contributed by atoms with van der Waals surface area (Å²) < 4.78 is 25.7. The van der Waals surface area contributed by atoms with E-state index in [1.54, 1.807) is 0 Å². The van der Waals surface area contributed by atoms with Gasteiger partial charge in [-0.3, -0.25) is 4.72 Å². The summed E-state index contributed by atoms with van der Waals surface area (Å²) in [7, 11) is -3.36. The van der Waals surface area contributed by atoms with Gasteiger partial charge in [0.25, 0.3) is 0 Å². The molecule has 0 fully saturated rings. The summed E-state index contributed by atoms with van der Waals surface area (Å²) in [5.74, 6) is 0.0360. The van der Waals surface area contributed by atoms with E-state index in [9.17, 15) is 8.42 Å². The average molecular weight is 297 g/mol. The molecule has 0 aromatic heterocycles. The van der Waals surface area contributed by atoms with Crippen LogP contribution in [-0.4, -0.2) is 20.7 Å². The molecule has 0 bridgehead atoms. The molecule has 0 saturated carbocycles. The lowest BCUT2D eigenvalue weighted by Crippen LogP contribution is -2.17. The van der Waals surface area contributed by atoms with Crippen LogP contribution in [-0.2, 0) is 10.0 Å². The Bertz CT molecular complexity index is 457. The van der Waals surface area contributed by atoms with Crippen LogP contribution in [0.15, 0.2) is 18.2 Å². The lowest BCUT2D eigenvalue weighted by molar-refractivity contribution is 0.597. The fourth-order valence-corrected chi connectivity index (χ4v) is 2.97. The van der Waals surface area contributed by atoms with Gasteiger partial charge in [0.05, 0.1) is 11.4 Å². The molecule has 0 saturated heterocycles. The number of anilines is 1. The topological polar surface area (TPSA) is 72.2 Å². The van der Waals surface area contributed by atoms with Gasteiger partial charge in [0, 0.05) is 10.0 Å². The van der Waals surface area contributed by atoms with Crippen molar-refractivity contribution < 1.29 is 8.42 Å². The van der Waals surface area contributed by atoms with Crippen molar-refractivity contribution in [1.82, 2.24) is 0 Å². The third-order valence-corrected chi connectivity index (χ3v) is 3.81. The Balaban J connectivity index is 2.69. The van der Waals surface area contributed by atoms with Gasteiger partial charge in [0.15, 0.2) is 0 Å². The van der Waals surface area contributed by atoms with E-state index in [1.807, 2.05) is 0 Å². The van der Waals surface area contributed by atoms with Crippen molar-refractivity contribution in [3.05, 3.63) is 28.2 Å². The molecule has 7 heteroatoms. The largest absolute Gasteiger partial charge is 0.330 e. The molecule has 0 aliphatic rings. The molecule has 0 radical (unpaired) electrons. The number of nitrogens with one attached hydrogen (secondary N) is 1. The first kappa shape index (κ1) is 14.6. The van der Waals surface area contributed by atoms with E-state index in [0.29, 0.717) is 35.1 Å². The fourth-order valence-electron chi connectivity index (χ4n) is 1.28. The van der Waals surface area contributed by atoms with Gasteiger partial charge in [0.2, 0.25) is 10.0 Å². The predicted octanol–water partition coefficient (Wildman–Crippen LogP) is 2.47. The van der Waals surface area contributed by atoms with Gasteiger partial charge in [-0.2, -0.15) is 0 Å². The van der Waals surface area contributed by atoms with Crippen molar-refractivity contribution in [3.63, 3.8) is 0 Å². The predicted molar refractivity (Wildman–Crippen MR) is 72.2 cm³/mol. The van der Waals surface area contributed by atoms with Gasteiger partial charge in [-0.15, -0.1) is 0 Å². The Kier molecular flexibility index (Phi) is 5.52. The van der Waals surface area contributed by atoms with Crippen LogP contribution in [0.1, 0.15) is 12.8 Å². The van der Waals surface area contributed by atoms with Crippen LogP contribution in [0.25, 0.3) is 0 Å². The molecule has 1 rings (SSSR count). The minimum atomic E-state index is -3.36. The maximum atomic E-state index is 11.7. The van der Waals surface area contributed by atoms with Crippen LogP contribution in [0, 0.1) is 0 Å². The lowest BCUT2D eigenvalue weighted by Gasteiger charge is -2.08. The zero-order valence-electron chi connectivity index (χ0n) is 9.12. The Morgan fingerprint density at radius 3 is 2.24 bits per heavy atom. The summed E-state index contributed by atoms with van der Waals surface area (Å²) in [5, 5.41) is 0.773. The van der Waals surface area contributed by atoms with Crippen LogP contribution in [0.5, 0.6) is 0 Å². The highest BCUT2D eigenvalue weighted by Gasteiger charge is 2.10. The van der Waals surface area contributed by atoms with E-state index in [4.69, 9.17) is 28.9 Å². The van der Waals surface area contributed by atoms with E-state index in [0.717, 1.165) is 0 Å². The number of rotatable bonds is 6. The number of nitrogens with two attached hydrogens (primary N) is 1. The van der Waals surface area contributed by atoms with Crippen LogP contribution in [0.3, 0.4) is 0 Å². The number of sulfonamides is 1. The van der Waals surface area contributed by atoms with Crippen LogP contribution in [0.2, 0.25) is 10.0 Å². The molecular weight excluding hydrogens is 283 g/mol. The number of hydrogen-bond donors (Lipinski definition) is 2. The van der Waals surface area contributed by atoms with E-state index in [-0.39, 0.29) is 5.75 Å². The van der Waals surface area contributed by atoms with E-state index >= 15 is 0 Å². The number of hydrogen-bond acceptors (Lipinski definition) is 3. The summed E-state index contributed by atoms with van der Waals surface area (Å²) in [6.45, 7) is 0.485. The summed E-state index contributed by atoms with van der Waals surface area (Å²) >= 11 is 11.5. The second-order valence-electron chi connectivity index (χ2n) is 3.57. The van der Waals surface area contributed by atoms with Crippen LogP contribution in [0.4, 0.5) is 5.69 Å². The van der Waals surface area contributed by atoms with Gasteiger partial charge in [-0.05, 0) is 37.6 Å². The maximum absolute atomic E-state index is 11.7. The number of benzene rings is 1. The van der Waals surface area contributed by atoms with E-state index in [2.05, 4.69) is 4.72 Å². The Hall–Kier alpha value is -0.490. The maximum Gasteiger partial charge on any atom is 0.232 e. The van der Waals surface area contributed by atoms with Crippen LogP contribution < -0.4 is 10.5 Å². The number of halogens is 2. The molecule has 17 heavy (non-hydrogen) atoms. The summed E-state index contributed by atoms with van der Waals surface area (Å²) in [6, 6.07) is 4.55. The second kappa shape index (κ2) is 6.44. The molecule has 1 aromatic rings. The van der Waals surface area contributed by atoms with Gasteiger partial charge in [0.1, 0.15) is 0 Å². The van der Waals surface area contributed by atoms with Gasteiger partial charge in [-0.1, -0.05) is 23.2 Å². The zero-order valence-corrected chi connectivity index (χ0v) is 11.4. The molecule has 96 valence electrons. The summed E-state index contributed by atoms with van der Waals surface area (Å²) in [6.07, 6.45) is 1.21. The SMILES string of the molecule is NCCCCS(=O)(=O)Nc1cc(Cl)cc(Cl)c1. The molecular formula is C10H14Cl2N2O2S. The lowest BCUT2D eigenvalue weighted by atomic mass is 10.3. The third kappa shape index (κ3) is 5.59. The summed E-state index contributed by atoms with van der Waals surface area (Å²) in [5.41, 5.74) is 5.67. The van der Waals surface area contributed by atoms with Crippen molar-refractivity contribution in [3.8, 4) is 0 Å². The molecule has 0 atom stereocenters. The Labute approximate surface area is 111 Å². The van der Waals surface area contributed by atoms with Crippen molar-refractivity contribution >= 4 is 38.9 Å². The van der Waals surface area contributed by atoms with Crippen LogP contribution >= 0.6 is 23.2 Å². The third-order valence-electron chi connectivity index (χ3n) is 2.00. The molecule has 0 aliphatic carbocycles. The minimum absolute atomic E-state index is 0.0360. The Morgan fingerprint density at radius 2 is 1.71 bits per heavy atom. The Morgan fingerprint density at radius 1 is 1.12 bits per heavy atom. The zero-order chi connectivity index (χ0) is 12.9. The molecule has 4 nitrogen and oxygen atoms in total. The monoisotopic (exact) mass is 296 g/mol.